The number of rotatable bonds is 6. The van der Waals surface area contributed by atoms with Gasteiger partial charge in [0.05, 0.1) is 24.5 Å². The third-order valence-corrected chi connectivity index (χ3v) is 8.25. The van der Waals surface area contributed by atoms with Crippen molar-refractivity contribution >= 4 is 34.0 Å². The van der Waals surface area contributed by atoms with Gasteiger partial charge in [-0.1, -0.05) is 60.5 Å². The Bertz CT molecular complexity index is 2150. The topological polar surface area (TPSA) is 116 Å². The predicted octanol–water partition coefficient (Wildman–Crippen LogP) is 4.68. The van der Waals surface area contributed by atoms with Gasteiger partial charge in [-0.15, -0.1) is 5.92 Å². The number of aromatic nitrogens is 5. The lowest BCUT2D eigenvalue weighted by Crippen LogP contribution is -2.49. The Morgan fingerprint density at radius 1 is 1.04 bits per heavy atom. The molecule has 1 atom stereocenters. The fourth-order valence-corrected chi connectivity index (χ4v) is 6.10. The van der Waals surface area contributed by atoms with E-state index in [-0.39, 0.29) is 30.3 Å². The van der Waals surface area contributed by atoms with Gasteiger partial charge in [-0.2, -0.15) is 4.98 Å². The lowest BCUT2D eigenvalue weighted by atomic mass is 10.0. The Morgan fingerprint density at radius 2 is 1.79 bits per heavy atom. The first-order chi connectivity index (χ1) is 22.5. The first-order valence-electron chi connectivity index (χ1n) is 15.8. The van der Waals surface area contributed by atoms with Gasteiger partial charge < -0.3 is 15.0 Å². The number of imidazole rings is 1. The minimum Gasteiger partial charge on any atom is -0.444 e. The van der Waals surface area contributed by atoms with E-state index in [1.165, 1.54) is 9.13 Å². The molecule has 1 fully saturated rings. The molecule has 1 N–H and O–H groups in total. The molecule has 1 aliphatic heterocycles. The minimum atomic E-state index is -0.611. The monoisotopic (exact) mass is 633 g/mol. The Balaban J connectivity index is 1.43. The zero-order chi connectivity index (χ0) is 33.3. The van der Waals surface area contributed by atoms with Crippen LogP contribution in [0.2, 0.25) is 0 Å². The second kappa shape index (κ2) is 12.8. The Hall–Kier alpha value is -5.37. The van der Waals surface area contributed by atoms with Crippen molar-refractivity contribution in [2.24, 2.45) is 7.05 Å². The Morgan fingerprint density at radius 3 is 2.53 bits per heavy atom. The number of piperidine rings is 1. The van der Waals surface area contributed by atoms with E-state index in [4.69, 9.17) is 14.7 Å². The lowest BCUT2D eigenvalue weighted by molar-refractivity contribution is 0.0499. The minimum absolute atomic E-state index is 0.0196. The van der Waals surface area contributed by atoms with E-state index < -0.39 is 22.9 Å². The average Bonchev–Trinajstić information content (AvgIpc) is 3.44. The first kappa shape index (κ1) is 31.6. The average molecular weight is 634 g/mol. The number of nitrogens with one attached hydrogen (secondary N) is 1. The zero-order valence-electron chi connectivity index (χ0n) is 27.4. The van der Waals surface area contributed by atoms with E-state index in [0.717, 1.165) is 34.9 Å². The van der Waals surface area contributed by atoms with Crippen molar-refractivity contribution in [3.05, 3.63) is 87.2 Å². The number of pyridine rings is 1. The van der Waals surface area contributed by atoms with Crippen molar-refractivity contribution in [2.75, 3.05) is 18.0 Å². The number of hydrogen-bond acceptors (Lipinski definition) is 7. The third kappa shape index (κ3) is 6.49. The number of ether oxygens (including phenoxy) is 1. The van der Waals surface area contributed by atoms with Crippen molar-refractivity contribution < 1.29 is 9.53 Å². The fourth-order valence-electron chi connectivity index (χ4n) is 6.10. The molecule has 11 nitrogen and oxygen atoms in total. The maximum Gasteiger partial charge on any atom is 0.407 e. The molecule has 1 saturated heterocycles. The predicted molar refractivity (Wildman–Crippen MR) is 184 cm³/mol. The quantitative estimate of drug-likeness (QED) is 0.270. The molecule has 3 aromatic heterocycles. The second-order valence-electron chi connectivity index (χ2n) is 12.8. The molecule has 1 amide bonds. The summed E-state index contributed by atoms with van der Waals surface area (Å²) in [5.74, 6) is 6.53. The highest BCUT2D eigenvalue weighted by molar-refractivity contribution is 5.88. The van der Waals surface area contributed by atoms with Crippen LogP contribution in [0.15, 0.2) is 70.3 Å². The normalized spacial score (nSPS) is 15.0. The summed E-state index contributed by atoms with van der Waals surface area (Å²) in [4.78, 5) is 52.6. The van der Waals surface area contributed by atoms with Gasteiger partial charge in [0.25, 0.3) is 5.56 Å². The van der Waals surface area contributed by atoms with Gasteiger partial charge in [0.15, 0.2) is 11.2 Å². The molecule has 11 heteroatoms. The van der Waals surface area contributed by atoms with Crippen LogP contribution in [0.1, 0.15) is 46.2 Å². The highest BCUT2D eigenvalue weighted by Gasteiger charge is 2.29. The molecule has 47 heavy (non-hydrogen) atoms. The number of benzene rings is 2. The summed E-state index contributed by atoms with van der Waals surface area (Å²) >= 11 is 0. The molecule has 0 unspecified atom stereocenters. The fraction of sp³-hybridized carbons (Fsp3) is 0.361. The third-order valence-electron chi connectivity index (χ3n) is 8.25. The number of fused-ring (bicyclic) bond motifs is 2. The summed E-state index contributed by atoms with van der Waals surface area (Å²) < 4.78 is 9.91. The number of aryl methyl sites for hydroxylation is 1. The van der Waals surface area contributed by atoms with Crippen molar-refractivity contribution in [3.63, 3.8) is 0 Å². The van der Waals surface area contributed by atoms with Crippen LogP contribution in [0, 0.1) is 11.8 Å². The molecule has 0 aliphatic carbocycles. The highest BCUT2D eigenvalue weighted by atomic mass is 16.6. The highest BCUT2D eigenvalue weighted by Crippen LogP contribution is 2.26. The number of carbonyl (C=O) groups excluding carboxylic acids is 1. The van der Waals surface area contributed by atoms with Crippen LogP contribution in [0.3, 0.4) is 0 Å². The van der Waals surface area contributed by atoms with Crippen molar-refractivity contribution in [2.45, 2.75) is 65.3 Å². The van der Waals surface area contributed by atoms with Gasteiger partial charge in [-0.05, 0) is 52.0 Å². The summed E-state index contributed by atoms with van der Waals surface area (Å²) in [5.41, 5.74) is 1.33. The summed E-state index contributed by atoms with van der Waals surface area (Å²) in [6.07, 6.45) is 1.10. The van der Waals surface area contributed by atoms with E-state index in [0.29, 0.717) is 24.7 Å². The number of hydrogen-bond donors (Lipinski definition) is 1. The van der Waals surface area contributed by atoms with Gasteiger partial charge >= 0.3 is 11.8 Å². The van der Waals surface area contributed by atoms with Gasteiger partial charge in [0.1, 0.15) is 5.60 Å². The van der Waals surface area contributed by atoms with Gasteiger partial charge in [-0.3, -0.25) is 23.5 Å². The summed E-state index contributed by atoms with van der Waals surface area (Å²) in [5, 5.41) is 4.81. The standard InChI is InChI=1S/C36H39N7O4/c1-6-7-20-42-30-31(39-33(42)41-19-13-17-26(22-41)37-34(45)47-36(2,3)4)40(5)35(46)43(32(30)44)23-29-27-18-12-11-16-25(27)21-28(38-29)24-14-9-8-10-15-24/h8-12,14-16,18,21,26H,13,17,19-20,22-23H2,1-5H3,(H,37,45)/t26-/m1/s1. The van der Waals surface area contributed by atoms with E-state index >= 15 is 0 Å². The van der Waals surface area contributed by atoms with Crippen LogP contribution in [-0.4, -0.2) is 54.5 Å². The van der Waals surface area contributed by atoms with Crippen LogP contribution in [0.4, 0.5) is 10.7 Å². The van der Waals surface area contributed by atoms with E-state index in [1.54, 1.807) is 18.5 Å². The molecule has 5 aromatic rings. The smallest absolute Gasteiger partial charge is 0.407 e. The maximum atomic E-state index is 14.3. The Labute approximate surface area is 272 Å². The van der Waals surface area contributed by atoms with Crippen LogP contribution in [0.5, 0.6) is 0 Å². The Kier molecular flexibility index (Phi) is 8.60. The summed E-state index contributed by atoms with van der Waals surface area (Å²) in [7, 11) is 1.63. The largest absolute Gasteiger partial charge is 0.444 e. The van der Waals surface area contributed by atoms with Crippen LogP contribution in [-0.2, 0) is 24.9 Å². The van der Waals surface area contributed by atoms with E-state index in [1.807, 2.05) is 86.3 Å². The molecule has 2 aromatic carbocycles. The van der Waals surface area contributed by atoms with Gasteiger partial charge in [0.2, 0.25) is 5.95 Å². The molecule has 0 bridgehead atoms. The number of nitrogens with zero attached hydrogens (tertiary/aromatic N) is 6. The molecule has 4 heterocycles. The number of anilines is 1. The molecule has 0 radical (unpaired) electrons. The summed E-state index contributed by atoms with van der Waals surface area (Å²) in [6, 6.07) is 19.5. The number of alkyl carbamates (subject to hydrolysis) is 1. The molecule has 242 valence electrons. The lowest BCUT2D eigenvalue weighted by Gasteiger charge is -2.34. The zero-order valence-corrected chi connectivity index (χ0v) is 27.4. The molecule has 1 aliphatic rings. The molecule has 6 rings (SSSR count). The SMILES string of the molecule is CC#CCn1c(N2CCC[C@@H](NC(=O)OC(C)(C)C)C2)nc2c1c(=O)n(Cc1nc(-c3ccccc3)cc3ccccc13)c(=O)n2C. The van der Waals surface area contributed by atoms with Gasteiger partial charge in [-0.25, -0.2) is 9.59 Å². The van der Waals surface area contributed by atoms with Crippen molar-refractivity contribution in [1.82, 2.24) is 29.0 Å². The molecular weight excluding hydrogens is 594 g/mol. The molecular formula is C36H39N7O4. The summed E-state index contributed by atoms with van der Waals surface area (Å²) in [6.45, 7) is 8.54. The molecule has 0 spiro atoms. The first-order valence-corrected chi connectivity index (χ1v) is 15.8. The van der Waals surface area contributed by atoms with Crippen LogP contribution < -0.4 is 21.5 Å². The van der Waals surface area contributed by atoms with Crippen LogP contribution >= 0.6 is 0 Å². The molecule has 0 saturated carbocycles. The van der Waals surface area contributed by atoms with Crippen molar-refractivity contribution in [1.29, 1.82) is 0 Å². The van der Waals surface area contributed by atoms with E-state index in [2.05, 4.69) is 17.2 Å². The maximum absolute atomic E-state index is 14.3. The second-order valence-corrected chi connectivity index (χ2v) is 12.8. The van der Waals surface area contributed by atoms with Gasteiger partial charge in [0, 0.05) is 37.1 Å². The van der Waals surface area contributed by atoms with Crippen LogP contribution in [0.25, 0.3) is 33.2 Å². The van der Waals surface area contributed by atoms with E-state index in [9.17, 15) is 14.4 Å². The number of carbonyl (C=O) groups is 1. The van der Waals surface area contributed by atoms with Crippen molar-refractivity contribution in [3.8, 4) is 23.1 Å². The number of amides is 1.